The fraction of sp³-hybridized carbons (Fsp3) is 0.500. The quantitative estimate of drug-likeness (QED) is 0.580. The van der Waals surface area contributed by atoms with Gasteiger partial charge in [-0.25, -0.2) is 9.11 Å². The highest BCUT2D eigenvalue weighted by Gasteiger charge is 2.46. The van der Waals surface area contributed by atoms with E-state index >= 15 is 4.39 Å². The van der Waals surface area contributed by atoms with Gasteiger partial charge in [0.2, 0.25) is 0 Å². The Morgan fingerprint density at radius 2 is 2.00 bits per heavy atom. The number of piperidine rings is 1. The molecule has 0 saturated carbocycles. The summed E-state index contributed by atoms with van der Waals surface area (Å²) in [5.74, 6) is -1.24. The molecule has 1 fully saturated rings. The van der Waals surface area contributed by atoms with Gasteiger partial charge in [-0.15, -0.1) is 0 Å². The van der Waals surface area contributed by atoms with Crippen molar-refractivity contribution in [3.8, 4) is 0 Å². The molecule has 2 aliphatic heterocycles. The molecule has 1 aromatic rings. The molecule has 2 N–H and O–H groups in total. The van der Waals surface area contributed by atoms with Gasteiger partial charge in [-0.2, -0.15) is 0 Å². The van der Waals surface area contributed by atoms with E-state index in [1.807, 2.05) is 24.3 Å². The van der Waals surface area contributed by atoms with Gasteiger partial charge in [-0.3, -0.25) is 0 Å². The molecule has 1 unspecified atom stereocenters. The Morgan fingerprint density at radius 3 is 2.81 bits per heavy atom. The van der Waals surface area contributed by atoms with Gasteiger partial charge in [-0.05, 0) is 43.9 Å². The molecule has 3 rings (SSSR count). The Morgan fingerprint density at radius 1 is 1.25 bits per heavy atom. The van der Waals surface area contributed by atoms with E-state index in [0.29, 0.717) is 0 Å². The lowest BCUT2D eigenvalue weighted by Gasteiger charge is -2.33. The van der Waals surface area contributed by atoms with Crippen molar-refractivity contribution >= 4 is 11.9 Å². The molecule has 0 bridgehead atoms. The van der Waals surface area contributed by atoms with Crippen LogP contribution in [-0.4, -0.2) is 13.1 Å². The molecule has 0 aromatic heterocycles. The number of fused-ring (bicyclic) bond motifs is 1. The first-order valence-electron chi connectivity index (χ1n) is 5.74. The van der Waals surface area contributed by atoms with Crippen molar-refractivity contribution in [1.82, 2.24) is 10.0 Å². The van der Waals surface area contributed by atoms with Crippen LogP contribution in [0.15, 0.2) is 29.2 Å². The summed E-state index contributed by atoms with van der Waals surface area (Å²) in [6.45, 7) is 1.84. The van der Waals surface area contributed by atoms with Crippen molar-refractivity contribution in [2.45, 2.75) is 23.5 Å². The lowest BCUT2D eigenvalue weighted by Crippen LogP contribution is -2.43. The molecule has 2 aliphatic rings. The summed E-state index contributed by atoms with van der Waals surface area (Å²) in [7, 11) is 0. The van der Waals surface area contributed by atoms with Crippen LogP contribution >= 0.6 is 11.9 Å². The molecule has 0 aliphatic carbocycles. The zero-order valence-electron chi connectivity index (χ0n) is 9.00. The van der Waals surface area contributed by atoms with Crippen LogP contribution in [0.5, 0.6) is 0 Å². The smallest absolute Gasteiger partial charge is 0.200 e. The van der Waals surface area contributed by atoms with E-state index < -0.39 is 5.79 Å². The molecule has 1 saturated heterocycles. The molecule has 0 radical (unpaired) electrons. The van der Waals surface area contributed by atoms with Crippen LogP contribution in [0.1, 0.15) is 18.4 Å². The predicted molar refractivity (Wildman–Crippen MR) is 63.8 cm³/mol. The average Bonchev–Trinajstić information content (AvgIpc) is 2.71. The Balaban J connectivity index is 1.94. The van der Waals surface area contributed by atoms with Crippen molar-refractivity contribution in [2.24, 2.45) is 5.92 Å². The number of benzene rings is 1. The molecule has 2 nitrogen and oxygen atoms in total. The van der Waals surface area contributed by atoms with Gasteiger partial charge in [-0.1, -0.05) is 18.2 Å². The van der Waals surface area contributed by atoms with Crippen LogP contribution < -0.4 is 10.0 Å². The van der Waals surface area contributed by atoms with E-state index in [0.717, 1.165) is 36.4 Å². The highest BCUT2D eigenvalue weighted by molar-refractivity contribution is 7.97. The number of nitrogens with one attached hydrogen (secondary N) is 2. The molecule has 1 atom stereocenters. The van der Waals surface area contributed by atoms with Gasteiger partial charge < -0.3 is 5.32 Å². The van der Waals surface area contributed by atoms with Crippen LogP contribution in [0.4, 0.5) is 4.39 Å². The van der Waals surface area contributed by atoms with Gasteiger partial charge in [0.05, 0.1) is 0 Å². The first-order valence-corrected chi connectivity index (χ1v) is 6.55. The fourth-order valence-electron chi connectivity index (χ4n) is 2.56. The Kier molecular flexibility index (Phi) is 2.65. The van der Waals surface area contributed by atoms with Gasteiger partial charge in [0.1, 0.15) is 0 Å². The monoisotopic (exact) mass is 238 g/mol. The van der Waals surface area contributed by atoms with E-state index in [1.165, 1.54) is 11.9 Å². The molecule has 86 valence electrons. The number of halogens is 1. The highest BCUT2D eigenvalue weighted by atomic mass is 32.2. The van der Waals surface area contributed by atoms with Crippen LogP contribution in [0.2, 0.25) is 0 Å². The first-order chi connectivity index (χ1) is 7.81. The summed E-state index contributed by atoms with van der Waals surface area (Å²) in [6.07, 6.45) is 1.80. The van der Waals surface area contributed by atoms with E-state index in [-0.39, 0.29) is 5.92 Å². The molecular weight excluding hydrogens is 223 g/mol. The first kappa shape index (κ1) is 10.6. The number of alkyl halides is 1. The molecule has 0 spiro atoms. The molecule has 2 heterocycles. The summed E-state index contributed by atoms with van der Waals surface area (Å²) in [6, 6.07) is 7.77. The minimum absolute atomic E-state index is 0.0879. The maximum atomic E-state index is 15.0. The third-order valence-corrected chi connectivity index (χ3v) is 4.47. The van der Waals surface area contributed by atoms with E-state index in [9.17, 15) is 0 Å². The SMILES string of the molecule is FC1(C2CCNCC2)NSc2ccccc21. The maximum Gasteiger partial charge on any atom is 0.200 e. The summed E-state index contributed by atoms with van der Waals surface area (Å²) in [5, 5.41) is 3.28. The van der Waals surface area contributed by atoms with Gasteiger partial charge in [0, 0.05) is 16.4 Å². The van der Waals surface area contributed by atoms with Crippen molar-refractivity contribution in [3.05, 3.63) is 29.8 Å². The van der Waals surface area contributed by atoms with E-state index in [4.69, 9.17) is 0 Å². The molecule has 0 amide bonds. The molecule has 16 heavy (non-hydrogen) atoms. The standard InChI is InChI=1S/C12H15FN2S/c13-12(9-5-7-14-8-6-9)10-3-1-2-4-11(10)16-15-12/h1-4,9,14-15H,5-8H2. The molecular formula is C12H15FN2S. The van der Waals surface area contributed by atoms with Crippen molar-refractivity contribution in [2.75, 3.05) is 13.1 Å². The lowest BCUT2D eigenvalue weighted by atomic mass is 9.84. The zero-order valence-corrected chi connectivity index (χ0v) is 9.82. The lowest BCUT2D eigenvalue weighted by molar-refractivity contribution is 0.0503. The van der Waals surface area contributed by atoms with E-state index in [1.54, 1.807) is 0 Å². The van der Waals surface area contributed by atoms with Crippen molar-refractivity contribution in [3.63, 3.8) is 0 Å². The van der Waals surface area contributed by atoms with Crippen molar-refractivity contribution in [1.29, 1.82) is 0 Å². The summed E-state index contributed by atoms with van der Waals surface area (Å²) in [5.41, 5.74) is 0.826. The highest BCUT2D eigenvalue weighted by Crippen LogP contribution is 2.47. The second-order valence-corrected chi connectivity index (χ2v) is 5.28. The van der Waals surface area contributed by atoms with Gasteiger partial charge in [0.25, 0.3) is 0 Å². The van der Waals surface area contributed by atoms with Crippen LogP contribution in [0, 0.1) is 5.92 Å². The Bertz CT molecular complexity index is 392. The van der Waals surface area contributed by atoms with Crippen LogP contribution in [0.25, 0.3) is 0 Å². The maximum absolute atomic E-state index is 15.0. The predicted octanol–water partition coefficient (Wildman–Crippen LogP) is 2.42. The Labute approximate surface area is 99.1 Å². The topological polar surface area (TPSA) is 24.1 Å². The largest absolute Gasteiger partial charge is 0.317 e. The number of hydrogen-bond acceptors (Lipinski definition) is 3. The third-order valence-electron chi connectivity index (χ3n) is 3.49. The van der Waals surface area contributed by atoms with Gasteiger partial charge >= 0.3 is 0 Å². The van der Waals surface area contributed by atoms with Crippen LogP contribution in [0.3, 0.4) is 0 Å². The summed E-state index contributed by atoms with van der Waals surface area (Å²) < 4.78 is 18.0. The molecule has 1 aromatic carbocycles. The molecule has 4 heteroatoms. The second kappa shape index (κ2) is 4.02. The minimum Gasteiger partial charge on any atom is -0.317 e. The van der Waals surface area contributed by atoms with Crippen molar-refractivity contribution < 1.29 is 4.39 Å². The Hall–Kier alpha value is -0.580. The normalized spacial score (nSPS) is 30.3. The van der Waals surface area contributed by atoms with Crippen LogP contribution in [-0.2, 0) is 5.79 Å². The van der Waals surface area contributed by atoms with Gasteiger partial charge in [0.15, 0.2) is 5.79 Å². The van der Waals surface area contributed by atoms with E-state index in [2.05, 4.69) is 10.0 Å². The number of rotatable bonds is 1. The average molecular weight is 238 g/mol. The third kappa shape index (κ3) is 1.56. The zero-order chi connectivity index (χ0) is 11.0. The fourth-order valence-corrected chi connectivity index (χ4v) is 3.57. The minimum atomic E-state index is -1.33. The second-order valence-electron chi connectivity index (χ2n) is 4.44. The summed E-state index contributed by atoms with van der Waals surface area (Å²) in [4.78, 5) is 1.03. The number of hydrogen-bond donors (Lipinski definition) is 2. The summed E-state index contributed by atoms with van der Waals surface area (Å²) >= 11 is 1.42.